The monoisotopic (exact) mass is 502 g/mol. The van der Waals surface area contributed by atoms with E-state index in [0.29, 0.717) is 21.8 Å². The zero-order valence-electron chi connectivity index (χ0n) is 18.5. The minimum Gasteiger partial charge on any atom is -0.361 e. The molecular formula is C20H22N8O4S2. The number of anilines is 2. The molecule has 34 heavy (non-hydrogen) atoms. The Balaban J connectivity index is 1.14. The highest BCUT2D eigenvalue weighted by molar-refractivity contribution is 7.15. The van der Waals surface area contributed by atoms with E-state index < -0.39 is 0 Å². The maximum atomic E-state index is 12.1. The van der Waals surface area contributed by atoms with E-state index in [1.54, 1.807) is 26.0 Å². The predicted molar refractivity (Wildman–Crippen MR) is 124 cm³/mol. The molecule has 4 aromatic heterocycles. The lowest BCUT2D eigenvalue weighted by Gasteiger charge is -1.98. The third-order valence-electron chi connectivity index (χ3n) is 4.48. The fraction of sp³-hybridized carbons (Fsp3) is 0.400. The average molecular weight is 503 g/mol. The largest absolute Gasteiger partial charge is 0.361 e. The summed E-state index contributed by atoms with van der Waals surface area (Å²) >= 11 is 2.70. The number of aryl methyl sites for hydroxylation is 4. The fourth-order valence-electron chi connectivity index (χ4n) is 3.01. The van der Waals surface area contributed by atoms with Crippen LogP contribution in [-0.2, 0) is 35.3 Å². The zero-order valence-corrected chi connectivity index (χ0v) is 20.2. The van der Waals surface area contributed by atoms with Crippen molar-refractivity contribution in [2.24, 2.45) is 0 Å². The molecule has 0 atom stereocenters. The van der Waals surface area contributed by atoms with Crippen molar-refractivity contribution in [1.29, 1.82) is 0 Å². The molecule has 0 radical (unpaired) electrons. The first-order valence-electron chi connectivity index (χ1n) is 10.5. The molecule has 0 saturated carbocycles. The minimum atomic E-state index is -0.228. The fourth-order valence-corrected chi connectivity index (χ4v) is 4.60. The van der Waals surface area contributed by atoms with Gasteiger partial charge in [0.2, 0.25) is 22.1 Å². The summed E-state index contributed by atoms with van der Waals surface area (Å²) in [6.07, 6.45) is 3.44. The van der Waals surface area contributed by atoms with Crippen molar-refractivity contribution in [3.8, 4) is 0 Å². The normalized spacial score (nSPS) is 11.0. The van der Waals surface area contributed by atoms with Gasteiger partial charge in [-0.05, 0) is 26.7 Å². The van der Waals surface area contributed by atoms with Crippen molar-refractivity contribution in [2.45, 2.75) is 52.4 Å². The summed E-state index contributed by atoms with van der Waals surface area (Å²) in [5, 5.41) is 31.9. The average Bonchev–Trinajstić information content (AvgIpc) is 3.57. The highest BCUT2D eigenvalue weighted by atomic mass is 32.1. The van der Waals surface area contributed by atoms with Gasteiger partial charge in [0.25, 0.3) is 0 Å². The minimum absolute atomic E-state index is 0.0970. The van der Waals surface area contributed by atoms with Crippen LogP contribution in [0.25, 0.3) is 0 Å². The molecule has 0 aliphatic rings. The smallest absolute Gasteiger partial charge is 0.233 e. The summed E-state index contributed by atoms with van der Waals surface area (Å²) in [5.74, 6) is 0.552. The molecule has 0 aromatic carbocycles. The van der Waals surface area contributed by atoms with Gasteiger partial charge in [0.1, 0.15) is 21.5 Å². The first-order chi connectivity index (χ1) is 16.4. The standard InChI is InChI=1S/C20H22N8O4S2/c1-11-7-13(31-27-11)9-15(29)21-19-25-23-17(33-19)5-3-4-6-18-24-26-20(34-18)22-16(30)10-14-8-12(2)28-32-14/h7-8H,3-6,9-10H2,1-2H3,(H,21,25,29)(H,22,26,30). The van der Waals surface area contributed by atoms with Crippen LogP contribution in [-0.4, -0.2) is 42.5 Å². The molecule has 0 fully saturated rings. The Morgan fingerprint density at radius 3 is 1.59 bits per heavy atom. The van der Waals surface area contributed by atoms with Gasteiger partial charge >= 0.3 is 0 Å². The number of unbranched alkanes of at least 4 members (excludes halogenated alkanes) is 1. The number of amides is 2. The summed E-state index contributed by atoms with van der Waals surface area (Å²) in [5.41, 5.74) is 1.46. The molecule has 4 rings (SSSR count). The topological polar surface area (TPSA) is 162 Å². The highest BCUT2D eigenvalue weighted by Gasteiger charge is 2.13. The van der Waals surface area contributed by atoms with Gasteiger partial charge in [-0.3, -0.25) is 9.59 Å². The van der Waals surface area contributed by atoms with E-state index in [-0.39, 0.29) is 24.7 Å². The molecule has 178 valence electrons. The van der Waals surface area contributed by atoms with Crippen molar-refractivity contribution in [1.82, 2.24) is 30.7 Å². The van der Waals surface area contributed by atoms with Crippen molar-refractivity contribution in [3.63, 3.8) is 0 Å². The molecule has 0 unspecified atom stereocenters. The maximum Gasteiger partial charge on any atom is 0.233 e. The van der Waals surface area contributed by atoms with Gasteiger partial charge in [-0.2, -0.15) is 0 Å². The van der Waals surface area contributed by atoms with Crippen molar-refractivity contribution in [2.75, 3.05) is 10.6 Å². The molecule has 14 heteroatoms. The lowest BCUT2D eigenvalue weighted by atomic mass is 10.2. The number of carbonyl (C=O) groups excluding carboxylic acids is 2. The molecule has 0 spiro atoms. The quantitative estimate of drug-likeness (QED) is 0.292. The maximum absolute atomic E-state index is 12.1. The molecule has 0 saturated heterocycles. The first-order valence-corrected chi connectivity index (χ1v) is 12.1. The number of hydrogen-bond donors (Lipinski definition) is 2. The lowest BCUT2D eigenvalue weighted by molar-refractivity contribution is -0.116. The summed E-state index contributed by atoms with van der Waals surface area (Å²) in [4.78, 5) is 24.1. The van der Waals surface area contributed by atoms with Crippen molar-refractivity contribution in [3.05, 3.63) is 45.1 Å². The second-order valence-corrected chi connectivity index (χ2v) is 9.65. The van der Waals surface area contributed by atoms with Crippen LogP contribution < -0.4 is 10.6 Å². The molecule has 2 N–H and O–H groups in total. The van der Waals surface area contributed by atoms with Gasteiger partial charge < -0.3 is 19.7 Å². The number of nitrogens with zero attached hydrogens (tertiary/aromatic N) is 6. The first kappa shape index (κ1) is 23.6. The SMILES string of the molecule is Cc1cc(CC(=O)Nc2nnc(CCCCc3nnc(NC(=O)Cc4cc(C)no4)s3)s2)on1. The van der Waals surface area contributed by atoms with Crippen LogP contribution in [0.3, 0.4) is 0 Å². The summed E-state index contributed by atoms with van der Waals surface area (Å²) in [6.45, 7) is 3.60. The van der Waals surface area contributed by atoms with E-state index in [1.807, 2.05) is 0 Å². The zero-order chi connectivity index (χ0) is 23.9. The Morgan fingerprint density at radius 2 is 1.21 bits per heavy atom. The molecule has 4 heterocycles. The number of carbonyl (C=O) groups is 2. The summed E-state index contributed by atoms with van der Waals surface area (Å²) in [6, 6.07) is 3.44. The Hall–Kier alpha value is -3.52. The molecule has 0 aliphatic heterocycles. The number of rotatable bonds is 11. The second kappa shape index (κ2) is 11.1. The van der Waals surface area contributed by atoms with Gasteiger partial charge in [0, 0.05) is 25.0 Å². The van der Waals surface area contributed by atoms with Crippen LogP contribution in [0.1, 0.15) is 45.8 Å². The predicted octanol–water partition coefficient (Wildman–Crippen LogP) is 2.91. The van der Waals surface area contributed by atoms with Gasteiger partial charge in [-0.25, -0.2) is 0 Å². The highest BCUT2D eigenvalue weighted by Crippen LogP contribution is 2.20. The van der Waals surface area contributed by atoms with E-state index in [1.165, 1.54) is 22.7 Å². The van der Waals surface area contributed by atoms with Crippen molar-refractivity contribution < 1.29 is 18.6 Å². The van der Waals surface area contributed by atoms with Crippen LogP contribution in [0.2, 0.25) is 0 Å². The molecule has 2 amide bonds. The van der Waals surface area contributed by atoms with Crippen LogP contribution in [0.15, 0.2) is 21.2 Å². The van der Waals surface area contributed by atoms with Crippen LogP contribution in [0, 0.1) is 13.8 Å². The molecule has 0 bridgehead atoms. The Morgan fingerprint density at radius 1 is 0.765 bits per heavy atom. The molecule has 4 aromatic rings. The Kier molecular flexibility index (Phi) is 7.69. The molecule has 12 nitrogen and oxygen atoms in total. The Labute approximate surface area is 202 Å². The second-order valence-electron chi connectivity index (χ2n) is 7.53. The van der Waals surface area contributed by atoms with E-state index >= 15 is 0 Å². The van der Waals surface area contributed by atoms with E-state index in [4.69, 9.17) is 9.05 Å². The van der Waals surface area contributed by atoms with Gasteiger partial charge in [-0.15, -0.1) is 20.4 Å². The third-order valence-corrected chi connectivity index (χ3v) is 6.28. The van der Waals surface area contributed by atoms with Gasteiger partial charge in [-0.1, -0.05) is 33.0 Å². The summed E-state index contributed by atoms with van der Waals surface area (Å²) < 4.78 is 10.1. The summed E-state index contributed by atoms with van der Waals surface area (Å²) in [7, 11) is 0. The van der Waals surface area contributed by atoms with Crippen molar-refractivity contribution >= 4 is 44.8 Å². The third kappa shape index (κ3) is 6.99. The Bertz CT molecular complexity index is 1160. The number of nitrogens with one attached hydrogen (secondary N) is 2. The molecular weight excluding hydrogens is 480 g/mol. The number of aromatic nitrogens is 6. The van der Waals surface area contributed by atoms with Crippen LogP contribution in [0.4, 0.5) is 10.3 Å². The van der Waals surface area contributed by atoms with E-state index in [2.05, 4.69) is 41.3 Å². The molecule has 0 aliphatic carbocycles. The van der Waals surface area contributed by atoms with Crippen LogP contribution >= 0.6 is 22.7 Å². The van der Waals surface area contributed by atoms with Gasteiger partial charge in [0.15, 0.2) is 0 Å². The van der Waals surface area contributed by atoms with E-state index in [9.17, 15) is 9.59 Å². The van der Waals surface area contributed by atoms with E-state index in [0.717, 1.165) is 47.1 Å². The lowest BCUT2D eigenvalue weighted by Crippen LogP contribution is -2.13. The van der Waals surface area contributed by atoms with Crippen LogP contribution in [0.5, 0.6) is 0 Å². The van der Waals surface area contributed by atoms with Gasteiger partial charge in [0.05, 0.1) is 24.2 Å². The number of hydrogen-bond acceptors (Lipinski definition) is 12.